The van der Waals surface area contributed by atoms with Crippen LogP contribution < -0.4 is 5.43 Å². The smallest absolute Gasteiger partial charge is 0.275 e. The summed E-state index contributed by atoms with van der Waals surface area (Å²) in [6.07, 6.45) is 7.18. The number of nitrogens with zero attached hydrogens (tertiary/aromatic N) is 3. The first kappa shape index (κ1) is 14.5. The molecule has 0 saturated heterocycles. The number of amides is 1. The first-order valence-corrected chi connectivity index (χ1v) is 7.33. The van der Waals surface area contributed by atoms with E-state index in [1.807, 2.05) is 26.2 Å². The number of nitrogens with one attached hydrogen (secondary N) is 1. The van der Waals surface area contributed by atoms with E-state index < -0.39 is 0 Å². The van der Waals surface area contributed by atoms with Crippen molar-refractivity contribution in [3.8, 4) is 0 Å². The molecule has 0 aliphatic rings. The van der Waals surface area contributed by atoms with Crippen LogP contribution >= 0.6 is 11.3 Å². The molecule has 0 saturated carbocycles. The van der Waals surface area contributed by atoms with Gasteiger partial charge in [-0.15, -0.1) is 11.3 Å². The second kappa shape index (κ2) is 6.47. The summed E-state index contributed by atoms with van der Waals surface area (Å²) in [5.41, 5.74) is 4.64. The van der Waals surface area contributed by atoms with Crippen LogP contribution in [0.1, 0.15) is 39.0 Å². The summed E-state index contributed by atoms with van der Waals surface area (Å²) in [6, 6.07) is 1.96. The van der Waals surface area contributed by atoms with Crippen LogP contribution in [0.25, 0.3) is 0 Å². The van der Waals surface area contributed by atoms with Crippen LogP contribution in [0.3, 0.4) is 0 Å². The van der Waals surface area contributed by atoms with Gasteiger partial charge in [-0.05, 0) is 25.0 Å². The van der Waals surface area contributed by atoms with Gasteiger partial charge in [0, 0.05) is 23.7 Å². The van der Waals surface area contributed by atoms with Gasteiger partial charge >= 0.3 is 0 Å². The van der Waals surface area contributed by atoms with Gasteiger partial charge in [0.05, 0.1) is 17.3 Å². The third kappa shape index (κ3) is 3.54. The molecule has 106 valence electrons. The minimum Gasteiger partial charge on any atom is -0.275 e. The lowest BCUT2D eigenvalue weighted by Gasteiger charge is -1.94. The maximum atomic E-state index is 12.0. The van der Waals surface area contributed by atoms with Crippen molar-refractivity contribution in [1.29, 1.82) is 0 Å². The normalized spacial score (nSPS) is 11.2. The predicted molar refractivity (Wildman–Crippen MR) is 81.3 cm³/mol. The first-order chi connectivity index (χ1) is 9.60. The largest absolute Gasteiger partial charge is 0.281 e. The summed E-state index contributed by atoms with van der Waals surface area (Å²) in [6.45, 7) is 4.18. The van der Waals surface area contributed by atoms with E-state index >= 15 is 0 Å². The molecule has 2 rings (SSSR count). The average molecular weight is 290 g/mol. The molecule has 1 amide bonds. The molecule has 20 heavy (non-hydrogen) atoms. The number of aryl methyl sites for hydroxylation is 3. The first-order valence-electron chi connectivity index (χ1n) is 6.51. The van der Waals surface area contributed by atoms with Crippen LogP contribution in [-0.4, -0.2) is 21.9 Å². The molecule has 1 N–H and O–H groups in total. The van der Waals surface area contributed by atoms with Crippen molar-refractivity contribution in [2.24, 2.45) is 12.1 Å². The maximum absolute atomic E-state index is 12.0. The van der Waals surface area contributed by atoms with Crippen molar-refractivity contribution in [3.05, 3.63) is 39.3 Å². The molecule has 0 unspecified atom stereocenters. The summed E-state index contributed by atoms with van der Waals surface area (Å²) in [4.78, 5) is 13.9. The number of carbonyl (C=O) groups is 1. The van der Waals surface area contributed by atoms with Crippen LogP contribution in [0.2, 0.25) is 0 Å². The Morgan fingerprint density at radius 1 is 1.60 bits per heavy atom. The van der Waals surface area contributed by atoms with Gasteiger partial charge in [0.15, 0.2) is 0 Å². The fourth-order valence-electron chi connectivity index (χ4n) is 1.88. The van der Waals surface area contributed by atoms with Crippen molar-refractivity contribution >= 4 is 23.5 Å². The topological polar surface area (TPSA) is 59.3 Å². The van der Waals surface area contributed by atoms with Gasteiger partial charge in [-0.25, -0.2) is 5.43 Å². The fraction of sp³-hybridized carbons (Fsp3) is 0.357. The van der Waals surface area contributed by atoms with E-state index in [1.165, 1.54) is 21.8 Å². The molecular weight excluding hydrogens is 272 g/mol. The van der Waals surface area contributed by atoms with E-state index in [4.69, 9.17) is 0 Å². The number of hydrogen-bond donors (Lipinski definition) is 1. The molecule has 0 aliphatic heterocycles. The van der Waals surface area contributed by atoms with E-state index in [0.717, 1.165) is 18.4 Å². The second-order valence-corrected chi connectivity index (χ2v) is 5.84. The minimum atomic E-state index is -0.166. The zero-order chi connectivity index (χ0) is 14.5. The molecule has 2 aromatic rings. The lowest BCUT2D eigenvalue weighted by molar-refractivity contribution is 0.0959. The molecule has 0 fully saturated rings. The Balaban J connectivity index is 1.98. The Morgan fingerprint density at radius 2 is 2.40 bits per heavy atom. The quantitative estimate of drug-likeness (QED) is 0.679. The van der Waals surface area contributed by atoms with Crippen LogP contribution in [0.4, 0.5) is 0 Å². The Labute approximate surface area is 122 Å². The highest BCUT2D eigenvalue weighted by Gasteiger charge is 2.11. The van der Waals surface area contributed by atoms with Crippen molar-refractivity contribution in [2.75, 3.05) is 0 Å². The highest BCUT2D eigenvalue weighted by molar-refractivity contribution is 7.14. The van der Waals surface area contributed by atoms with Gasteiger partial charge in [0.25, 0.3) is 5.91 Å². The van der Waals surface area contributed by atoms with E-state index in [-0.39, 0.29) is 5.91 Å². The van der Waals surface area contributed by atoms with Gasteiger partial charge in [-0.2, -0.15) is 10.2 Å². The Kier molecular flexibility index (Phi) is 4.68. The Morgan fingerprint density at radius 3 is 3.05 bits per heavy atom. The Bertz CT molecular complexity index is 627. The van der Waals surface area contributed by atoms with Crippen LogP contribution in [0, 0.1) is 6.92 Å². The molecule has 2 heterocycles. The Hall–Kier alpha value is -1.95. The summed E-state index contributed by atoms with van der Waals surface area (Å²) < 4.78 is 1.68. The second-order valence-electron chi connectivity index (χ2n) is 4.59. The molecular formula is C14H18N4OS. The standard InChI is InChI=1S/C14H18N4OS/c1-4-5-12-6-13(20-10(12)2)14(19)17-15-7-11-8-16-18(3)9-11/h6-9H,4-5H2,1-3H3,(H,17,19)/b15-7+. The number of carbonyl (C=O) groups excluding carboxylic acids is 1. The van der Waals surface area contributed by atoms with Gasteiger partial charge in [-0.3, -0.25) is 9.48 Å². The molecule has 6 heteroatoms. The van der Waals surface area contributed by atoms with Gasteiger partial charge in [-0.1, -0.05) is 13.3 Å². The summed E-state index contributed by atoms with van der Waals surface area (Å²) in [5.74, 6) is -0.166. The fourth-order valence-corrected chi connectivity index (χ4v) is 2.84. The van der Waals surface area contributed by atoms with E-state index in [2.05, 4.69) is 22.5 Å². The number of aromatic nitrogens is 2. The monoisotopic (exact) mass is 290 g/mol. The number of thiophene rings is 1. The zero-order valence-corrected chi connectivity index (χ0v) is 12.7. The van der Waals surface area contributed by atoms with Crippen molar-refractivity contribution in [3.63, 3.8) is 0 Å². The molecule has 0 spiro atoms. The number of hydrazone groups is 1. The number of hydrogen-bond acceptors (Lipinski definition) is 4. The van der Waals surface area contributed by atoms with Crippen LogP contribution in [0.15, 0.2) is 23.6 Å². The molecule has 0 atom stereocenters. The highest BCUT2D eigenvalue weighted by atomic mass is 32.1. The molecule has 0 aliphatic carbocycles. The molecule has 0 bridgehead atoms. The number of rotatable bonds is 5. The zero-order valence-electron chi connectivity index (χ0n) is 11.9. The van der Waals surface area contributed by atoms with Gasteiger partial charge < -0.3 is 0 Å². The summed E-state index contributed by atoms with van der Waals surface area (Å²) in [7, 11) is 1.83. The molecule has 2 aromatic heterocycles. The average Bonchev–Trinajstić information content (AvgIpc) is 2.97. The van der Waals surface area contributed by atoms with E-state index in [9.17, 15) is 4.79 Å². The van der Waals surface area contributed by atoms with Crippen molar-refractivity contribution in [2.45, 2.75) is 26.7 Å². The van der Waals surface area contributed by atoms with E-state index in [1.54, 1.807) is 17.1 Å². The summed E-state index contributed by atoms with van der Waals surface area (Å²) >= 11 is 1.51. The van der Waals surface area contributed by atoms with E-state index in [0.29, 0.717) is 4.88 Å². The predicted octanol–water partition coefficient (Wildman–Crippen LogP) is 2.51. The van der Waals surface area contributed by atoms with Crippen molar-refractivity contribution < 1.29 is 4.79 Å². The minimum absolute atomic E-state index is 0.166. The van der Waals surface area contributed by atoms with Gasteiger partial charge in [0.2, 0.25) is 0 Å². The van der Waals surface area contributed by atoms with Crippen LogP contribution in [-0.2, 0) is 13.5 Å². The summed E-state index contributed by atoms with van der Waals surface area (Å²) in [5, 5.41) is 7.97. The molecule has 0 radical (unpaired) electrons. The third-order valence-electron chi connectivity index (χ3n) is 2.87. The SMILES string of the molecule is CCCc1cc(C(=O)N/N=C/c2cnn(C)c2)sc1C. The third-order valence-corrected chi connectivity index (χ3v) is 3.96. The molecule has 5 nitrogen and oxygen atoms in total. The van der Waals surface area contributed by atoms with Crippen molar-refractivity contribution in [1.82, 2.24) is 15.2 Å². The molecule has 0 aromatic carbocycles. The highest BCUT2D eigenvalue weighted by Crippen LogP contribution is 2.22. The van der Waals surface area contributed by atoms with Gasteiger partial charge in [0.1, 0.15) is 0 Å². The lowest BCUT2D eigenvalue weighted by Crippen LogP contribution is -2.16. The van der Waals surface area contributed by atoms with Crippen LogP contribution in [0.5, 0.6) is 0 Å². The lowest BCUT2D eigenvalue weighted by atomic mass is 10.1. The maximum Gasteiger partial charge on any atom is 0.281 e.